The maximum atomic E-state index is 12.0. The fourth-order valence-corrected chi connectivity index (χ4v) is 4.74. The van der Waals surface area contributed by atoms with Crippen molar-refractivity contribution in [2.75, 3.05) is 35.1 Å². The molecule has 0 saturated carbocycles. The molecule has 2 aliphatic heterocycles. The summed E-state index contributed by atoms with van der Waals surface area (Å²) in [7, 11) is -3.31. The van der Waals surface area contributed by atoms with Gasteiger partial charge in [0.1, 0.15) is 0 Å². The zero-order chi connectivity index (χ0) is 18.7. The van der Waals surface area contributed by atoms with E-state index in [0.717, 1.165) is 12.8 Å². The third kappa shape index (κ3) is 4.28. The summed E-state index contributed by atoms with van der Waals surface area (Å²) in [6.07, 6.45) is 2.30. The molecule has 2 heterocycles. The van der Waals surface area contributed by atoms with Crippen molar-refractivity contribution in [3.05, 3.63) is 23.2 Å². The number of amides is 2. The highest BCUT2D eigenvalue weighted by molar-refractivity contribution is 7.93. The number of halogens is 1. The molecule has 0 bridgehead atoms. The maximum absolute atomic E-state index is 12.0. The summed E-state index contributed by atoms with van der Waals surface area (Å²) in [5.74, 6) is -1.51. The zero-order valence-corrected chi connectivity index (χ0v) is 15.6. The summed E-state index contributed by atoms with van der Waals surface area (Å²) in [6.45, 7) is 1.35. The maximum Gasteiger partial charge on any atom is 0.313 e. The molecule has 3 rings (SSSR count). The van der Waals surface area contributed by atoms with Gasteiger partial charge < -0.3 is 15.4 Å². The van der Waals surface area contributed by atoms with Gasteiger partial charge in [0, 0.05) is 19.7 Å². The number of rotatable bonds is 4. The Kier molecular flexibility index (Phi) is 5.69. The standard InChI is InChI=1S/C16H20ClN3O5S/c17-13-9-11(20-6-2-8-26(20,23)24)4-5-14(13)19-16(22)15(21)18-10-12-3-1-7-25-12/h4-5,9,12H,1-3,6-8,10H2,(H,18,21)(H,19,22)/t12-/m0/s1. The molecule has 0 aromatic heterocycles. The number of benzene rings is 1. The van der Waals surface area contributed by atoms with Crippen molar-refractivity contribution >= 4 is 44.8 Å². The van der Waals surface area contributed by atoms with Gasteiger partial charge >= 0.3 is 11.8 Å². The molecule has 8 nitrogen and oxygen atoms in total. The van der Waals surface area contributed by atoms with Crippen molar-refractivity contribution in [3.63, 3.8) is 0 Å². The van der Waals surface area contributed by atoms with Crippen molar-refractivity contribution < 1.29 is 22.7 Å². The molecule has 2 aliphatic rings. The molecular formula is C16H20ClN3O5S. The first-order chi connectivity index (χ1) is 12.4. The van der Waals surface area contributed by atoms with E-state index in [0.29, 0.717) is 25.3 Å². The van der Waals surface area contributed by atoms with Crippen LogP contribution in [0.25, 0.3) is 0 Å². The summed E-state index contributed by atoms with van der Waals surface area (Å²) in [5, 5.41) is 5.11. The van der Waals surface area contributed by atoms with Crippen LogP contribution in [0.5, 0.6) is 0 Å². The highest BCUT2D eigenvalue weighted by Gasteiger charge is 2.29. The molecule has 1 aromatic carbocycles. The molecule has 2 saturated heterocycles. The summed E-state index contributed by atoms with van der Waals surface area (Å²) in [5.41, 5.74) is 0.678. The predicted molar refractivity (Wildman–Crippen MR) is 97.8 cm³/mol. The number of ether oxygens (including phenoxy) is 1. The SMILES string of the molecule is O=C(NC[C@@H]1CCCO1)C(=O)Nc1ccc(N2CCCS2(=O)=O)cc1Cl. The topological polar surface area (TPSA) is 105 Å². The van der Waals surface area contributed by atoms with E-state index in [1.54, 1.807) is 6.07 Å². The summed E-state index contributed by atoms with van der Waals surface area (Å²) in [6, 6.07) is 4.50. The number of carbonyl (C=O) groups is 2. The first-order valence-electron chi connectivity index (χ1n) is 8.37. The molecule has 2 amide bonds. The Morgan fingerprint density at radius 2 is 2.08 bits per heavy atom. The largest absolute Gasteiger partial charge is 0.376 e. The average Bonchev–Trinajstić information content (AvgIpc) is 3.23. The highest BCUT2D eigenvalue weighted by atomic mass is 35.5. The van der Waals surface area contributed by atoms with Crippen LogP contribution in [0.2, 0.25) is 5.02 Å². The van der Waals surface area contributed by atoms with Crippen LogP contribution in [0.1, 0.15) is 19.3 Å². The fraction of sp³-hybridized carbons (Fsp3) is 0.500. The minimum Gasteiger partial charge on any atom is -0.376 e. The zero-order valence-electron chi connectivity index (χ0n) is 14.0. The van der Waals surface area contributed by atoms with E-state index in [1.165, 1.54) is 16.4 Å². The summed E-state index contributed by atoms with van der Waals surface area (Å²) < 4.78 is 30.6. The van der Waals surface area contributed by atoms with Crippen LogP contribution in [0.4, 0.5) is 11.4 Å². The Labute approximate surface area is 156 Å². The van der Waals surface area contributed by atoms with Gasteiger partial charge in [-0.1, -0.05) is 11.6 Å². The third-order valence-corrected chi connectivity index (χ3v) is 6.49. The number of sulfonamides is 1. The number of nitrogens with one attached hydrogen (secondary N) is 2. The van der Waals surface area contributed by atoms with Crippen molar-refractivity contribution in [1.82, 2.24) is 5.32 Å². The number of nitrogens with zero attached hydrogens (tertiary/aromatic N) is 1. The van der Waals surface area contributed by atoms with Gasteiger partial charge in [-0.15, -0.1) is 0 Å². The molecular weight excluding hydrogens is 382 g/mol. The lowest BCUT2D eigenvalue weighted by Gasteiger charge is -2.18. The quantitative estimate of drug-likeness (QED) is 0.735. The molecule has 2 fully saturated rings. The van der Waals surface area contributed by atoms with Gasteiger partial charge in [-0.25, -0.2) is 8.42 Å². The van der Waals surface area contributed by atoms with E-state index in [4.69, 9.17) is 16.3 Å². The Hall–Kier alpha value is -1.84. The second-order valence-electron chi connectivity index (χ2n) is 6.21. The van der Waals surface area contributed by atoms with E-state index >= 15 is 0 Å². The van der Waals surface area contributed by atoms with Crippen LogP contribution in [0.3, 0.4) is 0 Å². The van der Waals surface area contributed by atoms with Crippen LogP contribution >= 0.6 is 11.6 Å². The van der Waals surface area contributed by atoms with Crippen molar-refractivity contribution in [2.45, 2.75) is 25.4 Å². The normalized spacial score (nSPS) is 21.6. The van der Waals surface area contributed by atoms with Crippen LogP contribution in [-0.4, -0.2) is 51.8 Å². The first kappa shape index (κ1) is 18.9. The smallest absolute Gasteiger partial charge is 0.313 e. The Balaban J connectivity index is 1.60. The molecule has 0 spiro atoms. The van der Waals surface area contributed by atoms with Gasteiger partial charge in [0.2, 0.25) is 10.0 Å². The molecule has 2 N–H and O–H groups in total. The van der Waals surface area contributed by atoms with Crippen LogP contribution in [0, 0.1) is 0 Å². The van der Waals surface area contributed by atoms with E-state index in [2.05, 4.69) is 10.6 Å². The number of hydrogen-bond acceptors (Lipinski definition) is 5. The summed E-state index contributed by atoms with van der Waals surface area (Å²) >= 11 is 6.14. The Morgan fingerprint density at radius 1 is 1.27 bits per heavy atom. The highest BCUT2D eigenvalue weighted by Crippen LogP contribution is 2.31. The monoisotopic (exact) mass is 401 g/mol. The predicted octanol–water partition coefficient (Wildman–Crippen LogP) is 1.11. The van der Waals surface area contributed by atoms with E-state index in [1.807, 2.05) is 0 Å². The van der Waals surface area contributed by atoms with Crippen molar-refractivity contribution in [3.8, 4) is 0 Å². The lowest BCUT2D eigenvalue weighted by atomic mass is 10.2. The molecule has 142 valence electrons. The number of hydrogen-bond donors (Lipinski definition) is 2. The second-order valence-corrected chi connectivity index (χ2v) is 8.63. The lowest BCUT2D eigenvalue weighted by molar-refractivity contribution is -0.136. The average molecular weight is 402 g/mol. The van der Waals surface area contributed by atoms with E-state index in [-0.39, 0.29) is 29.1 Å². The van der Waals surface area contributed by atoms with Gasteiger partial charge in [0.25, 0.3) is 0 Å². The minimum atomic E-state index is -3.31. The first-order valence-corrected chi connectivity index (χ1v) is 10.4. The molecule has 1 atom stereocenters. The molecule has 26 heavy (non-hydrogen) atoms. The minimum absolute atomic E-state index is 0.0583. The van der Waals surface area contributed by atoms with Crippen LogP contribution < -0.4 is 14.9 Å². The Bertz CT molecular complexity index is 808. The van der Waals surface area contributed by atoms with Crippen LogP contribution in [-0.2, 0) is 24.3 Å². The van der Waals surface area contributed by atoms with Gasteiger partial charge in [0.05, 0.1) is 28.3 Å². The molecule has 0 unspecified atom stereocenters. The van der Waals surface area contributed by atoms with E-state index < -0.39 is 21.8 Å². The van der Waals surface area contributed by atoms with Gasteiger partial charge in [0.15, 0.2) is 0 Å². The molecule has 0 aliphatic carbocycles. The second kappa shape index (κ2) is 7.81. The van der Waals surface area contributed by atoms with Crippen LogP contribution in [0.15, 0.2) is 18.2 Å². The number of anilines is 2. The lowest BCUT2D eigenvalue weighted by Crippen LogP contribution is -2.39. The van der Waals surface area contributed by atoms with Gasteiger partial charge in [-0.2, -0.15) is 0 Å². The Morgan fingerprint density at radius 3 is 2.69 bits per heavy atom. The third-order valence-electron chi connectivity index (χ3n) is 4.31. The number of carbonyl (C=O) groups excluding carboxylic acids is 2. The fourth-order valence-electron chi connectivity index (χ4n) is 2.96. The van der Waals surface area contributed by atoms with Gasteiger partial charge in [-0.3, -0.25) is 13.9 Å². The van der Waals surface area contributed by atoms with Gasteiger partial charge in [-0.05, 0) is 37.5 Å². The molecule has 0 radical (unpaired) electrons. The van der Waals surface area contributed by atoms with Crippen molar-refractivity contribution in [2.24, 2.45) is 0 Å². The van der Waals surface area contributed by atoms with E-state index in [9.17, 15) is 18.0 Å². The summed E-state index contributed by atoms with van der Waals surface area (Å²) in [4.78, 5) is 23.9. The molecule has 1 aromatic rings. The molecule has 10 heteroatoms. The van der Waals surface area contributed by atoms with Crippen molar-refractivity contribution in [1.29, 1.82) is 0 Å².